The van der Waals surface area contributed by atoms with Gasteiger partial charge in [0.1, 0.15) is 11.6 Å². The number of aromatic nitrogens is 1. The van der Waals surface area contributed by atoms with Gasteiger partial charge in [0, 0.05) is 24.5 Å². The zero-order chi connectivity index (χ0) is 22.1. The molecule has 1 aromatic heterocycles. The molecule has 1 heterocycles. The van der Waals surface area contributed by atoms with Gasteiger partial charge in [-0.2, -0.15) is 5.26 Å². The van der Waals surface area contributed by atoms with Gasteiger partial charge in [-0.05, 0) is 69.6 Å². The van der Waals surface area contributed by atoms with Crippen LogP contribution in [0.25, 0.3) is 6.08 Å². The summed E-state index contributed by atoms with van der Waals surface area (Å²) in [5, 5.41) is 12.2. The molecule has 0 fully saturated rings. The first-order valence-corrected chi connectivity index (χ1v) is 10.7. The average Bonchev–Trinajstić information content (AvgIpc) is 2.98. The summed E-state index contributed by atoms with van der Waals surface area (Å²) < 4.78 is 7.22. The number of nitriles is 1. The molecule has 6 nitrogen and oxygen atoms in total. The van der Waals surface area contributed by atoms with Crippen molar-refractivity contribution in [3.63, 3.8) is 0 Å². The van der Waals surface area contributed by atoms with Crippen molar-refractivity contribution in [2.45, 2.75) is 66.3 Å². The monoisotopic (exact) mass is 411 g/mol. The van der Waals surface area contributed by atoms with Crippen LogP contribution < -0.4 is 5.32 Å². The van der Waals surface area contributed by atoms with Gasteiger partial charge in [0.25, 0.3) is 5.91 Å². The molecule has 0 atom stereocenters. The van der Waals surface area contributed by atoms with Crippen molar-refractivity contribution in [2.24, 2.45) is 5.92 Å². The van der Waals surface area contributed by atoms with Gasteiger partial charge in [-0.15, -0.1) is 0 Å². The molecule has 162 valence electrons. The van der Waals surface area contributed by atoms with Gasteiger partial charge in [-0.1, -0.05) is 25.5 Å². The molecule has 0 spiro atoms. The number of hydrogen-bond donors (Lipinski definition) is 1. The fourth-order valence-corrected chi connectivity index (χ4v) is 3.67. The van der Waals surface area contributed by atoms with Gasteiger partial charge in [0.05, 0.1) is 0 Å². The minimum Gasteiger partial charge on any atom is -0.451 e. The van der Waals surface area contributed by atoms with Crippen LogP contribution in [0.1, 0.15) is 62.9 Å². The first kappa shape index (κ1) is 23.5. The van der Waals surface area contributed by atoms with Crippen molar-refractivity contribution < 1.29 is 14.3 Å². The van der Waals surface area contributed by atoms with E-state index in [4.69, 9.17) is 4.74 Å². The summed E-state index contributed by atoms with van der Waals surface area (Å²) in [6, 6.07) is 3.85. The number of carbonyl (C=O) groups excluding carboxylic acids is 2. The van der Waals surface area contributed by atoms with E-state index in [1.54, 1.807) is 0 Å². The molecular weight excluding hydrogens is 378 g/mol. The largest absolute Gasteiger partial charge is 0.451 e. The predicted octanol–water partition coefficient (Wildman–Crippen LogP) is 4.22. The number of aryl methyl sites for hydroxylation is 1. The number of nitrogens with one attached hydrogen (secondary N) is 1. The second-order valence-corrected chi connectivity index (χ2v) is 8.28. The molecule has 6 heteroatoms. The summed E-state index contributed by atoms with van der Waals surface area (Å²) in [6.45, 7) is 9.28. The molecular formula is C24H33N3O3. The summed E-state index contributed by atoms with van der Waals surface area (Å²) in [6.07, 6.45) is 9.27. The molecule has 1 N–H and O–H groups in total. The number of amides is 1. The SMILES string of the molecule is Cc1cc(/C=C(\C#N)C(=O)OCC(=O)NCCC2=CCCCC2)c(C)n1CC(C)C. The minimum absolute atomic E-state index is 0.111. The summed E-state index contributed by atoms with van der Waals surface area (Å²) in [5.41, 5.74) is 4.15. The van der Waals surface area contributed by atoms with E-state index in [9.17, 15) is 14.9 Å². The third-order valence-electron chi connectivity index (χ3n) is 5.29. The normalized spacial score (nSPS) is 14.3. The van der Waals surface area contributed by atoms with Gasteiger partial charge >= 0.3 is 5.97 Å². The molecule has 0 aliphatic heterocycles. The van der Waals surface area contributed by atoms with Gasteiger partial charge < -0.3 is 14.6 Å². The average molecular weight is 412 g/mol. The van der Waals surface area contributed by atoms with Crippen molar-refractivity contribution in [3.8, 4) is 6.07 Å². The molecule has 0 radical (unpaired) electrons. The van der Waals surface area contributed by atoms with Crippen LogP contribution in [-0.2, 0) is 20.9 Å². The van der Waals surface area contributed by atoms with Crippen molar-refractivity contribution in [2.75, 3.05) is 13.2 Å². The molecule has 1 amide bonds. The number of ether oxygens (including phenoxy) is 1. The van der Waals surface area contributed by atoms with Crippen molar-refractivity contribution in [1.29, 1.82) is 5.26 Å². The highest BCUT2D eigenvalue weighted by Gasteiger charge is 2.16. The number of esters is 1. The Morgan fingerprint density at radius 3 is 2.73 bits per heavy atom. The number of hydrogen-bond acceptors (Lipinski definition) is 4. The molecule has 0 saturated carbocycles. The lowest BCUT2D eigenvalue weighted by atomic mass is 9.97. The number of allylic oxidation sites excluding steroid dienone is 1. The van der Waals surface area contributed by atoms with Crippen LogP contribution in [0.3, 0.4) is 0 Å². The Labute approximate surface area is 179 Å². The molecule has 0 unspecified atom stereocenters. The van der Waals surface area contributed by atoms with Crippen LogP contribution in [0.2, 0.25) is 0 Å². The molecule has 0 saturated heterocycles. The molecule has 30 heavy (non-hydrogen) atoms. The lowest BCUT2D eigenvalue weighted by Gasteiger charge is -2.13. The third kappa shape index (κ3) is 6.91. The van der Waals surface area contributed by atoms with E-state index in [2.05, 4.69) is 29.8 Å². The molecule has 0 aromatic carbocycles. The van der Waals surface area contributed by atoms with Crippen LogP contribution in [0.15, 0.2) is 23.3 Å². The third-order valence-corrected chi connectivity index (χ3v) is 5.29. The fourth-order valence-electron chi connectivity index (χ4n) is 3.67. The van der Waals surface area contributed by atoms with E-state index in [0.29, 0.717) is 12.5 Å². The molecule has 2 rings (SSSR count). The highest BCUT2D eigenvalue weighted by molar-refractivity contribution is 5.99. The van der Waals surface area contributed by atoms with Gasteiger partial charge in [0.2, 0.25) is 0 Å². The van der Waals surface area contributed by atoms with Crippen LogP contribution >= 0.6 is 0 Å². The maximum absolute atomic E-state index is 12.3. The van der Waals surface area contributed by atoms with Gasteiger partial charge in [-0.25, -0.2) is 4.79 Å². The Balaban J connectivity index is 1.89. The first-order valence-electron chi connectivity index (χ1n) is 10.7. The number of rotatable bonds is 9. The number of carbonyl (C=O) groups is 2. The Morgan fingerprint density at radius 1 is 1.33 bits per heavy atom. The van der Waals surface area contributed by atoms with E-state index in [1.807, 2.05) is 26.0 Å². The quantitative estimate of drug-likeness (QED) is 0.285. The van der Waals surface area contributed by atoms with Gasteiger partial charge in [0.15, 0.2) is 6.61 Å². The Kier molecular flexibility index (Phi) is 8.91. The Bertz CT molecular complexity index is 869. The molecule has 1 aliphatic rings. The van der Waals surface area contributed by atoms with E-state index in [-0.39, 0.29) is 18.1 Å². The fraction of sp³-hybridized carbons (Fsp3) is 0.542. The highest BCUT2D eigenvalue weighted by atomic mass is 16.5. The molecule has 1 aromatic rings. The maximum atomic E-state index is 12.3. The first-order chi connectivity index (χ1) is 14.3. The topological polar surface area (TPSA) is 84.1 Å². The van der Waals surface area contributed by atoms with Crippen LogP contribution in [0.5, 0.6) is 0 Å². The minimum atomic E-state index is -0.781. The standard InChI is InChI=1S/C24H33N3O3/c1-17(2)15-27-18(3)12-21(19(27)4)13-22(14-25)24(29)30-16-23(28)26-11-10-20-8-6-5-7-9-20/h8,12-13,17H,5-7,9-11,15-16H2,1-4H3,(H,26,28)/b22-13+. The number of nitrogens with zero attached hydrogens (tertiary/aromatic N) is 2. The van der Waals surface area contributed by atoms with Crippen molar-refractivity contribution in [3.05, 3.63) is 40.2 Å². The predicted molar refractivity (Wildman–Crippen MR) is 117 cm³/mol. The lowest BCUT2D eigenvalue weighted by Crippen LogP contribution is -2.30. The van der Waals surface area contributed by atoms with E-state index in [0.717, 1.165) is 42.8 Å². The van der Waals surface area contributed by atoms with Crippen molar-refractivity contribution >= 4 is 18.0 Å². The summed E-state index contributed by atoms with van der Waals surface area (Å²) in [4.78, 5) is 24.2. The molecule has 1 aliphatic carbocycles. The van der Waals surface area contributed by atoms with Gasteiger partial charge in [-0.3, -0.25) is 4.79 Å². The smallest absolute Gasteiger partial charge is 0.349 e. The van der Waals surface area contributed by atoms with Crippen LogP contribution in [0.4, 0.5) is 0 Å². The van der Waals surface area contributed by atoms with Crippen LogP contribution in [0, 0.1) is 31.1 Å². The molecule has 0 bridgehead atoms. The summed E-state index contributed by atoms with van der Waals surface area (Å²) in [7, 11) is 0. The van der Waals surface area contributed by atoms with Crippen molar-refractivity contribution in [1.82, 2.24) is 9.88 Å². The summed E-state index contributed by atoms with van der Waals surface area (Å²) >= 11 is 0. The zero-order valence-corrected chi connectivity index (χ0v) is 18.6. The Hall–Kier alpha value is -2.81. The Morgan fingerprint density at radius 2 is 2.10 bits per heavy atom. The van der Waals surface area contributed by atoms with Crippen LogP contribution in [-0.4, -0.2) is 29.6 Å². The second kappa shape index (κ2) is 11.4. The van der Waals surface area contributed by atoms with E-state index < -0.39 is 5.97 Å². The highest BCUT2D eigenvalue weighted by Crippen LogP contribution is 2.20. The maximum Gasteiger partial charge on any atom is 0.349 e. The van der Waals surface area contributed by atoms with E-state index >= 15 is 0 Å². The second-order valence-electron chi connectivity index (χ2n) is 8.28. The van der Waals surface area contributed by atoms with E-state index in [1.165, 1.54) is 24.5 Å². The lowest BCUT2D eigenvalue weighted by molar-refractivity contribution is -0.144. The summed E-state index contributed by atoms with van der Waals surface area (Å²) in [5.74, 6) is -0.650. The zero-order valence-electron chi connectivity index (χ0n) is 18.6.